The van der Waals surface area contributed by atoms with Gasteiger partial charge in [0.25, 0.3) is 11.8 Å². The summed E-state index contributed by atoms with van der Waals surface area (Å²) >= 11 is 0. The standard InChI is InChI=1S/C45H45N5O8/c1-4-32(51)14-15-43(52)48-29-13-12-28-19-31-26-47-36-24-42(40(56-3)22-34(36)45(54)50(31)38(28)20-29)58-17-9-5-8-16-57-41-23-35-33(21-39(41)55-2)44(53)49-30(25-46-35)18-27-10-6-7-11-37(27)49/h6-7,10-13,20-26,30-31H,4-5,8-9,14-19H2,1-3H3,(H,48,52). The summed E-state index contributed by atoms with van der Waals surface area (Å²) in [6, 6.07) is 19.9. The Morgan fingerprint density at radius 2 is 1.26 bits per heavy atom. The van der Waals surface area contributed by atoms with Crippen LogP contribution in [-0.2, 0) is 22.4 Å². The summed E-state index contributed by atoms with van der Waals surface area (Å²) in [7, 11) is 3.10. The van der Waals surface area contributed by atoms with Gasteiger partial charge < -0.3 is 24.3 Å². The molecule has 58 heavy (non-hydrogen) atoms. The van der Waals surface area contributed by atoms with Crippen molar-refractivity contribution in [1.82, 2.24) is 0 Å². The lowest BCUT2D eigenvalue weighted by Gasteiger charge is -2.22. The second kappa shape index (κ2) is 16.5. The lowest BCUT2D eigenvalue weighted by Crippen LogP contribution is -2.37. The lowest BCUT2D eigenvalue weighted by atomic mass is 10.1. The number of nitrogens with one attached hydrogen (secondary N) is 1. The molecule has 2 unspecified atom stereocenters. The van der Waals surface area contributed by atoms with Crippen LogP contribution in [0.5, 0.6) is 23.0 Å². The molecule has 0 saturated heterocycles. The highest BCUT2D eigenvalue weighted by Gasteiger charge is 2.38. The van der Waals surface area contributed by atoms with Crippen LogP contribution in [0.1, 0.15) is 77.3 Å². The molecule has 1 N–H and O–H groups in total. The molecular weight excluding hydrogens is 739 g/mol. The van der Waals surface area contributed by atoms with Crippen LogP contribution in [0, 0.1) is 0 Å². The Labute approximate surface area is 336 Å². The van der Waals surface area contributed by atoms with Crippen molar-refractivity contribution >= 4 is 64.4 Å². The van der Waals surface area contributed by atoms with Crippen LogP contribution < -0.4 is 34.1 Å². The summed E-state index contributed by atoms with van der Waals surface area (Å²) in [5.74, 6) is 1.37. The minimum atomic E-state index is -0.294. The zero-order valence-electron chi connectivity index (χ0n) is 32.8. The number of aliphatic imine (C=N–C) groups is 2. The van der Waals surface area contributed by atoms with E-state index >= 15 is 0 Å². The molecule has 0 bridgehead atoms. The summed E-state index contributed by atoms with van der Waals surface area (Å²) in [6.45, 7) is 2.62. The van der Waals surface area contributed by atoms with Gasteiger partial charge in [-0.05, 0) is 60.7 Å². The fraction of sp³-hybridized carbons (Fsp3) is 0.333. The molecule has 298 valence electrons. The maximum absolute atomic E-state index is 14.1. The van der Waals surface area contributed by atoms with Gasteiger partial charge in [0.05, 0.1) is 67.7 Å². The number of fused-ring (bicyclic) bond motifs is 8. The highest BCUT2D eigenvalue weighted by molar-refractivity contribution is 6.16. The molecule has 4 aliphatic heterocycles. The Morgan fingerprint density at radius 1 is 0.690 bits per heavy atom. The Kier molecular flexibility index (Phi) is 10.9. The summed E-state index contributed by atoms with van der Waals surface area (Å²) < 4.78 is 23.6. The van der Waals surface area contributed by atoms with Gasteiger partial charge in [-0.3, -0.25) is 39.0 Å². The van der Waals surface area contributed by atoms with Crippen LogP contribution in [-0.4, -0.2) is 75.5 Å². The first-order chi connectivity index (χ1) is 28.3. The molecule has 4 heterocycles. The molecule has 0 aromatic heterocycles. The van der Waals surface area contributed by atoms with Crippen molar-refractivity contribution in [2.75, 3.05) is 42.5 Å². The number of para-hydroxylation sites is 1. The van der Waals surface area contributed by atoms with E-state index in [1.165, 1.54) is 7.11 Å². The van der Waals surface area contributed by atoms with E-state index in [0.29, 0.717) is 82.9 Å². The quantitative estimate of drug-likeness (QED) is 0.121. The Bertz CT molecular complexity index is 2360. The molecule has 3 amide bonds. The first-order valence-electron chi connectivity index (χ1n) is 19.7. The third kappa shape index (κ3) is 7.51. The highest BCUT2D eigenvalue weighted by atomic mass is 16.5. The van der Waals surface area contributed by atoms with E-state index in [0.717, 1.165) is 42.5 Å². The summed E-state index contributed by atoms with van der Waals surface area (Å²) in [6.07, 6.45) is 7.94. The van der Waals surface area contributed by atoms with E-state index in [1.54, 1.807) is 55.5 Å². The fourth-order valence-electron chi connectivity index (χ4n) is 7.90. The normalized spacial score (nSPS) is 16.9. The fourth-order valence-corrected chi connectivity index (χ4v) is 7.90. The smallest absolute Gasteiger partial charge is 0.261 e. The second-order valence-electron chi connectivity index (χ2n) is 14.7. The molecular formula is C45H45N5O8. The molecule has 13 heteroatoms. The van der Waals surface area contributed by atoms with Crippen LogP contribution in [0.4, 0.5) is 28.4 Å². The number of unbranched alkanes of at least 4 members (excludes halogenated alkanes) is 2. The number of hydrogen-bond donors (Lipinski definition) is 1. The number of benzene rings is 4. The average molecular weight is 784 g/mol. The van der Waals surface area contributed by atoms with Crippen molar-refractivity contribution in [3.05, 3.63) is 89.0 Å². The number of amides is 3. The van der Waals surface area contributed by atoms with Crippen LogP contribution in [0.25, 0.3) is 0 Å². The molecule has 4 aromatic carbocycles. The number of Topliss-reactive ketones (excluding diaryl/α,β-unsaturated/α-hetero) is 1. The maximum Gasteiger partial charge on any atom is 0.261 e. The Hall–Kier alpha value is -6.50. The second-order valence-corrected chi connectivity index (χ2v) is 14.7. The number of methoxy groups -OCH3 is 2. The number of rotatable bonds is 15. The van der Waals surface area contributed by atoms with Gasteiger partial charge in [-0.1, -0.05) is 31.2 Å². The molecule has 0 spiro atoms. The third-order valence-electron chi connectivity index (χ3n) is 11.0. The predicted molar refractivity (Wildman–Crippen MR) is 222 cm³/mol. The van der Waals surface area contributed by atoms with E-state index in [-0.39, 0.29) is 48.4 Å². The van der Waals surface area contributed by atoms with E-state index in [9.17, 15) is 19.2 Å². The zero-order valence-corrected chi connectivity index (χ0v) is 32.8. The molecule has 0 aliphatic carbocycles. The van der Waals surface area contributed by atoms with Gasteiger partial charge in [0.2, 0.25) is 5.91 Å². The van der Waals surface area contributed by atoms with Crippen LogP contribution in [0.2, 0.25) is 0 Å². The monoisotopic (exact) mass is 783 g/mol. The lowest BCUT2D eigenvalue weighted by molar-refractivity contribution is -0.122. The largest absolute Gasteiger partial charge is 0.493 e. The van der Waals surface area contributed by atoms with Crippen molar-refractivity contribution in [1.29, 1.82) is 0 Å². The highest BCUT2D eigenvalue weighted by Crippen LogP contribution is 2.43. The number of ketones is 1. The molecule has 0 fully saturated rings. The predicted octanol–water partition coefficient (Wildman–Crippen LogP) is 7.60. The number of anilines is 3. The molecule has 4 aromatic rings. The molecule has 2 atom stereocenters. The molecule has 8 rings (SSSR count). The van der Waals surface area contributed by atoms with Gasteiger partial charge in [-0.2, -0.15) is 0 Å². The minimum Gasteiger partial charge on any atom is -0.493 e. The van der Waals surface area contributed by atoms with Crippen molar-refractivity contribution < 1.29 is 38.1 Å². The van der Waals surface area contributed by atoms with Gasteiger partial charge in [0.1, 0.15) is 5.78 Å². The van der Waals surface area contributed by atoms with E-state index in [1.807, 2.05) is 47.5 Å². The van der Waals surface area contributed by atoms with Gasteiger partial charge >= 0.3 is 0 Å². The SMILES string of the molecule is CCC(=O)CCC(=O)Nc1ccc2c(c1)N1C(=O)c3cc(OC)c(OCCCCCOc4cc5c(cc4OC)C(=O)N4c6ccccc6CC4C=N5)cc3N=CC1C2. The summed E-state index contributed by atoms with van der Waals surface area (Å²) in [5.41, 5.74) is 6.18. The molecule has 0 saturated carbocycles. The van der Waals surface area contributed by atoms with Gasteiger partial charge in [-0.25, -0.2) is 0 Å². The van der Waals surface area contributed by atoms with E-state index in [4.69, 9.17) is 28.9 Å². The molecule has 4 aliphatic rings. The van der Waals surface area contributed by atoms with Crippen molar-refractivity contribution in [3.8, 4) is 23.0 Å². The molecule has 0 radical (unpaired) electrons. The maximum atomic E-state index is 14.1. The number of carbonyl (C=O) groups excluding carboxylic acids is 4. The number of hydrogen-bond acceptors (Lipinski definition) is 10. The minimum absolute atomic E-state index is 0.0365. The Balaban J connectivity index is 0.859. The summed E-state index contributed by atoms with van der Waals surface area (Å²) in [5, 5.41) is 2.86. The van der Waals surface area contributed by atoms with E-state index < -0.39 is 0 Å². The van der Waals surface area contributed by atoms with Crippen LogP contribution in [0.15, 0.2) is 76.7 Å². The molecule has 13 nitrogen and oxygen atoms in total. The van der Waals surface area contributed by atoms with Gasteiger partial charge in [-0.15, -0.1) is 0 Å². The van der Waals surface area contributed by atoms with Gasteiger partial charge in [0, 0.05) is 68.0 Å². The number of carbonyl (C=O) groups is 4. The van der Waals surface area contributed by atoms with Crippen molar-refractivity contribution in [2.45, 2.75) is 70.4 Å². The first kappa shape index (κ1) is 38.4. The Morgan fingerprint density at radius 3 is 1.84 bits per heavy atom. The summed E-state index contributed by atoms with van der Waals surface area (Å²) in [4.78, 5) is 64.9. The van der Waals surface area contributed by atoms with Crippen molar-refractivity contribution in [2.24, 2.45) is 9.98 Å². The van der Waals surface area contributed by atoms with Crippen molar-refractivity contribution in [3.63, 3.8) is 0 Å². The first-order valence-corrected chi connectivity index (χ1v) is 19.7. The van der Waals surface area contributed by atoms with E-state index in [2.05, 4.69) is 5.32 Å². The van der Waals surface area contributed by atoms with Crippen LogP contribution >= 0.6 is 0 Å². The third-order valence-corrected chi connectivity index (χ3v) is 11.0. The average Bonchev–Trinajstić information content (AvgIpc) is 3.72. The zero-order chi connectivity index (χ0) is 40.3. The van der Waals surface area contributed by atoms with Crippen LogP contribution in [0.3, 0.4) is 0 Å². The topological polar surface area (TPSA) is 148 Å². The van der Waals surface area contributed by atoms with Gasteiger partial charge in [0.15, 0.2) is 23.0 Å². The number of nitrogens with zero attached hydrogens (tertiary/aromatic N) is 4. The number of ether oxygens (including phenoxy) is 4.